The van der Waals surface area contributed by atoms with Crippen molar-refractivity contribution in [2.24, 2.45) is 0 Å². The fourth-order valence-corrected chi connectivity index (χ4v) is 1.19. The van der Waals surface area contributed by atoms with Gasteiger partial charge >= 0.3 is 0 Å². The second kappa shape index (κ2) is 7.44. The van der Waals surface area contributed by atoms with Crippen LogP contribution in [0.25, 0.3) is 0 Å². The lowest BCUT2D eigenvalue weighted by atomic mass is 10.4. The van der Waals surface area contributed by atoms with E-state index >= 15 is 0 Å². The Morgan fingerprint density at radius 3 is 2.17 bits per heavy atom. The first-order valence-electron chi connectivity index (χ1n) is 3.79. The highest BCUT2D eigenvalue weighted by Gasteiger charge is 2.07. The molecule has 0 fully saturated rings. The number of allylic oxidation sites excluding steroid dienone is 1. The molecule has 0 N–H and O–H groups in total. The van der Waals surface area contributed by atoms with Crippen molar-refractivity contribution >= 4 is 29.1 Å². The molecule has 0 spiro atoms. The summed E-state index contributed by atoms with van der Waals surface area (Å²) in [6.45, 7) is 2.91. The molecular weight excluding hydrogens is 197 g/mol. The van der Waals surface area contributed by atoms with E-state index < -0.39 is 0 Å². The van der Waals surface area contributed by atoms with Crippen LogP contribution in [-0.2, 0) is 4.79 Å². The lowest BCUT2D eigenvalue weighted by Crippen LogP contribution is -2.33. The Kier molecular flexibility index (Phi) is 7.31. The summed E-state index contributed by atoms with van der Waals surface area (Å²) in [5.41, 5.74) is 0. The van der Waals surface area contributed by atoms with Gasteiger partial charge in [0.1, 0.15) is 0 Å². The van der Waals surface area contributed by atoms with Gasteiger partial charge in [-0.2, -0.15) is 0 Å². The van der Waals surface area contributed by atoms with Gasteiger partial charge in [0.05, 0.1) is 0 Å². The Morgan fingerprint density at radius 1 is 1.33 bits per heavy atom. The molecule has 0 aliphatic carbocycles. The van der Waals surface area contributed by atoms with E-state index in [4.69, 9.17) is 23.2 Å². The van der Waals surface area contributed by atoms with E-state index in [2.05, 4.69) is 0 Å². The third-order valence-electron chi connectivity index (χ3n) is 1.33. The van der Waals surface area contributed by atoms with Crippen molar-refractivity contribution in [1.82, 2.24) is 4.90 Å². The third-order valence-corrected chi connectivity index (χ3v) is 1.67. The minimum atomic E-state index is -0.0289. The van der Waals surface area contributed by atoms with E-state index in [1.807, 2.05) is 0 Å². The summed E-state index contributed by atoms with van der Waals surface area (Å²) in [4.78, 5) is 12.9. The van der Waals surface area contributed by atoms with Gasteiger partial charge in [0.15, 0.2) is 0 Å². The van der Waals surface area contributed by atoms with Crippen molar-refractivity contribution < 1.29 is 4.79 Å². The molecule has 0 heterocycles. The fraction of sp³-hybridized carbons (Fsp3) is 0.625. The van der Waals surface area contributed by atoms with Crippen molar-refractivity contribution in [3.8, 4) is 0 Å². The summed E-state index contributed by atoms with van der Waals surface area (Å²) in [6, 6.07) is 0. The minimum absolute atomic E-state index is 0.0289. The van der Waals surface area contributed by atoms with Gasteiger partial charge in [-0.3, -0.25) is 4.79 Å². The predicted octanol–water partition coefficient (Wildman–Crippen LogP) is 1.87. The van der Waals surface area contributed by atoms with E-state index in [0.29, 0.717) is 24.8 Å². The SMILES string of the molecule is CC=CC(=O)N(CCCl)CCCl. The summed E-state index contributed by atoms with van der Waals surface area (Å²) in [6.07, 6.45) is 3.22. The number of halogens is 2. The molecule has 0 aromatic heterocycles. The maximum Gasteiger partial charge on any atom is 0.246 e. The van der Waals surface area contributed by atoms with E-state index in [9.17, 15) is 4.79 Å². The molecule has 1 amide bonds. The Hall–Kier alpha value is -0.210. The van der Waals surface area contributed by atoms with Gasteiger partial charge < -0.3 is 4.90 Å². The molecule has 0 unspecified atom stereocenters. The van der Waals surface area contributed by atoms with Crippen LogP contribution >= 0.6 is 23.2 Å². The van der Waals surface area contributed by atoms with Crippen LogP contribution in [0.3, 0.4) is 0 Å². The van der Waals surface area contributed by atoms with Gasteiger partial charge in [0.2, 0.25) is 5.91 Å². The number of carbonyl (C=O) groups is 1. The maximum atomic E-state index is 11.2. The summed E-state index contributed by atoms with van der Waals surface area (Å²) < 4.78 is 0. The fourth-order valence-electron chi connectivity index (χ4n) is 0.784. The largest absolute Gasteiger partial charge is 0.337 e. The Labute approximate surface area is 83.1 Å². The number of amides is 1. The first kappa shape index (κ1) is 11.8. The topological polar surface area (TPSA) is 20.3 Å². The lowest BCUT2D eigenvalue weighted by Gasteiger charge is -2.18. The second-order valence-corrected chi connectivity index (χ2v) is 2.96. The zero-order chi connectivity index (χ0) is 9.40. The highest BCUT2D eigenvalue weighted by Crippen LogP contribution is 1.94. The average molecular weight is 210 g/mol. The Morgan fingerprint density at radius 2 is 1.83 bits per heavy atom. The third kappa shape index (κ3) is 4.62. The molecule has 0 aliphatic rings. The second-order valence-electron chi connectivity index (χ2n) is 2.20. The molecule has 0 radical (unpaired) electrons. The molecule has 2 nitrogen and oxygen atoms in total. The molecule has 0 bridgehead atoms. The number of carbonyl (C=O) groups excluding carboxylic acids is 1. The first-order valence-corrected chi connectivity index (χ1v) is 4.86. The van der Waals surface area contributed by atoms with Gasteiger partial charge in [-0.1, -0.05) is 6.08 Å². The van der Waals surface area contributed by atoms with Gasteiger partial charge in [0.25, 0.3) is 0 Å². The Bertz CT molecular complexity index is 153. The molecule has 0 saturated carbocycles. The summed E-state index contributed by atoms with van der Waals surface area (Å²) in [7, 11) is 0. The summed E-state index contributed by atoms with van der Waals surface area (Å²) >= 11 is 11.0. The number of hydrogen-bond acceptors (Lipinski definition) is 1. The van der Waals surface area contributed by atoms with E-state index in [-0.39, 0.29) is 5.91 Å². The van der Waals surface area contributed by atoms with Gasteiger partial charge in [-0.15, -0.1) is 23.2 Å². The molecule has 0 aromatic rings. The van der Waals surface area contributed by atoms with Crippen molar-refractivity contribution in [2.45, 2.75) is 6.92 Å². The monoisotopic (exact) mass is 209 g/mol. The van der Waals surface area contributed by atoms with E-state index in [0.717, 1.165) is 0 Å². The molecule has 0 aromatic carbocycles. The smallest absolute Gasteiger partial charge is 0.246 e. The molecule has 0 rings (SSSR count). The molecule has 0 atom stereocenters. The Balaban J connectivity index is 3.98. The summed E-state index contributed by atoms with van der Waals surface area (Å²) in [5, 5.41) is 0. The molecular formula is C8H13Cl2NO. The van der Waals surface area contributed by atoms with Crippen LogP contribution in [0.4, 0.5) is 0 Å². The molecule has 4 heteroatoms. The van der Waals surface area contributed by atoms with Crippen LogP contribution in [0.5, 0.6) is 0 Å². The van der Waals surface area contributed by atoms with Crippen molar-refractivity contribution in [3.05, 3.63) is 12.2 Å². The van der Waals surface area contributed by atoms with Crippen LogP contribution in [-0.4, -0.2) is 35.7 Å². The minimum Gasteiger partial charge on any atom is -0.337 e. The normalized spacial score (nSPS) is 10.6. The summed E-state index contributed by atoms with van der Waals surface area (Å²) in [5.74, 6) is 0.860. The number of hydrogen-bond donors (Lipinski definition) is 0. The van der Waals surface area contributed by atoms with Crippen LogP contribution < -0.4 is 0 Å². The zero-order valence-electron chi connectivity index (χ0n) is 7.09. The highest BCUT2D eigenvalue weighted by molar-refractivity contribution is 6.18. The highest BCUT2D eigenvalue weighted by atomic mass is 35.5. The standard InChI is InChI=1S/C8H13Cl2NO/c1-2-3-8(12)11(6-4-9)7-5-10/h2-3H,4-7H2,1H3. The van der Waals surface area contributed by atoms with E-state index in [1.165, 1.54) is 6.08 Å². The molecule has 70 valence electrons. The number of alkyl halides is 2. The van der Waals surface area contributed by atoms with Crippen LogP contribution in [0, 0.1) is 0 Å². The van der Waals surface area contributed by atoms with Crippen LogP contribution in [0.15, 0.2) is 12.2 Å². The first-order chi connectivity index (χ1) is 5.76. The number of nitrogens with zero attached hydrogens (tertiary/aromatic N) is 1. The maximum absolute atomic E-state index is 11.2. The van der Waals surface area contributed by atoms with Crippen LogP contribution in [0.1, 0.15) is 6.92 Å². The number of rotatable bonds is 5. The molecule has 12 heavy (non-hydrogen) atoms. The van der Waals surface area contributed by atoms with Gasteiger partial charge in [0, 0.05) is 24.8 Å². The van der Waals surface area contributed by atoms with Crippen molar-refractivity contribution in [3.63, 3.8) is 0 Å². The van der Waals surface area contributed by atoms with Gasteiger partial charge in [-0.05, 0) is 13.0 Å². The lowest BCUT2D eigenvalue weighted by molar-refractivity contribution is -0.125. The molecule has 0 aliphatic heterocycles. The zero-order valence-corrected chi connectivity index (χ0v) is 8.61. The quantitative estimate of drug-likeness (QED) is 0.501. The van der Waals surface area contributed by atoms with Crippen molar-refractivity contribution in [1.29, 1.82) is 0 Å². The average Bonchev–Trinajstić information content (AvgIpc) is 2.04. The van der Waals surface area contributed by atoms with E-state index in [1.54, 1.807) is 17.9 Å². The predicted molar refractivity (Wildman–Crippen MR) is 52.8 cm³/mol. The van der Waals surface area contributed by atoms with Crippen LogP contribution in [0.2, 0.25) is 0 Å². The molecule has 0 saturated heterocycles. The van der Waals surface area contributed by atoms with Gasteiger partial charge in [-0.25, -0.2) is 0 Å². The van der Waals surface area contributed by atoms with Crippen molar-refractivity contribution in [2.75, 3.05) is 24.8 Å².